The summed E-state index contributed by atoms with van der Waals surface area (Å²) in [6.45, 7) is 5.19. The average molecular weight is 500 g/mol. The topological polar surface area (TPSA) is 116 Å². The molecule has 1 atom stereocenters. The molecule has 0 radical (unpaired) electrons. The Hall–Kier alpha value is -0.410. The molecule has 0 rings (SSSR count). The van der Waals surface area contributed by atoms with E-state index < -0.39 is 5.09 Å². The molecule has 0 fully saturated rings. The molecule has 0 aliphatic heterocycles. The number of unbranched alkanes of at least 4 members (excludes halogenated alkanes) is 14. The number of likely N-dealkylation sites (N-methyl/N-ethyl adjacent to an activating group) is 1. The number of nitrogens with one attached hydrogen (secondary N) is 1. The summed E-state index contributed by atoms with van der Waals surface area (Å²) in [5.41, 5.74) is 0. The molecule has 0 saturated heterocycles. The van der Waals surface area contributed by atoms with Crippen molar-refractivity contribution in [1.29, 1.82) is 0 Å². The second kappa shape index (κ2) is 27.2. The molecule has 8 nitrogen and oxygen atoms in total. The average Bonchev–Trinajstić information content (AvgIpc) is 2.74. The van der Waals surface area contributed by atoms with E-state index in [1.165, 1.54) is 83.5 Å². The van der Waals surface area contributed by atoms with Gasteiger partial charge in [-0.1, -0.05) is 104 Å². The van der Waals surface area contributed by atoms with Crippen LogP contribution in [-0.2, 0) is 4.79 Å². The third-order valence-corrected chi connectivity index (χ3v) is 6.24. The van der Waals surface area contributed by atoms with E-state index in [1.807, 2.05) is 0 Å². The van der Waals surface area contributed by atoms with E-state index >= 15 is 0 Å². The van der Waals surface area contributed by atoms with Crippen LogP contribution in [0.15, 0.2) is 0 Å². The third kappa shape index (κ3) is 27.8. The molecule has 0 aliphatic carbocycles. The Morgan fingerprint density at radius 2 is 1.18 bits per heavy atom. The van der Waals surface area contributed by atoms with E-state index in [9.17, 15) is 9.90 Å². The first-order valence-corrected chi connectivity index (χ1v) is 13.3. The summed E-state index contributed by atoms with van der Waals surface area (Å²) in [6.07, 6.45) is 21.8. The van der Waals surface area contributed by atoms with Crippen molar-refractivity contribution in [2.45, 2.75) is 129 Å². The molecular weight excluding hydrogens is 445 g/mol. The molecule has 0 heterocycles. The summed E-state index contributed by atoms with van der Waals surface area (Å²) < 4.78 is 0.637. The Morgan fingerprint density at radius 3 is 1.50 bits per heavy atom. The number of rotatable bonds is 21. The molecule has 2 N–H and O–H groups in total. The molecule has 1 unspecified atom stereocenters. The van der Waals surface area contributed by atoms with E-state index in [4.69, 9.17) is 15.3 Å². The van der Waals surface area contributed by atoms with Gasteiger partial charge in [0, 0.05) is 12.8 Å². The molecule has 200 valence electrons. The van der Waals surface area contributed by atoms with Gasteiger partial charge < -0.3 is 30.2 Å². The quantitative estimate of drug-likeness (QED) is 0.0556. The Morgan fingerprint density at radius 1 is 0.824 bits per heavy atom. The van der Waals surface area contributed by atoms with Crippen LogP contribution < -0.4 is 5.32 Å². The van der Waals surface area contributed by atoms with Gasteiger partial charge in [-0.2, -0.15) is 0 Å². The van der Waals surface area contributed by atoms with Crippen LogP contribution in [0.4, 0.5) is 0 Å². The fourth-order valence-corrected chi connectivity index (χ4v) is 4.10. The van der Waals surface area contributed by atoms with Crippen LogP contribution in [0.25, 0.3) is 0 Å². The monoisotopic (exact) mass is 499 g/mol. The van der Waals surface area contributed by atoms with Crippen molar-refractivity contribution in [3.05, 3.63) is 15.3 Å². The second-order valence-electron chi connectivity index (χ2n) is 9.64. The van der Waals surface area contributed by atoms with Crippen LogP contribution in [0.1, 0.15) is 123 Å². The van der Waals surface area contributed by atoms with Crippen LogP contribution in [0.5, 0.6) is 0 Å². The second-order valence-corrected chi connectivity index (χ2v) is 9.64. The fourth-order valence-electron chi connectivity index (χ4n) is 4.10. The van der Waals surface area contributed by atoms with Gasteiger partial charge >= 0.3 is 29.6 Å². The number of hydrogen-bond acceptors (Lipinski definition) is 5. The third-order valence-electron chi connectivity index (χ3n) is 6.24. The van der Waals surface area contributed by atoms with Gasteiger partial charge in [0.2, 0.25) is 5.91 Å². The van der Waals surface area contributed by atoms with Gasteiger partial charge in [-0.3, -0.25) is 4.79 Å². The van der Waals surface area contributed by atoms with Crippen LogP contribution >= 0.6 is 0 Å². The number of quaternary nitrogens is 1. The molecule has 0 aromatic carbocycles. The summed E-state index contributed by atoms with van der Waals surface area (Å²) >= 11 is 0. The minimum atomic E-state index is -1.75. The summed E-state index contributed by atoms with van der Waals surface area (Å²) in [5.74, 6) is 0.163. The molecular formula is C25H54N3NaO5. The van der Waals surface area contributed by atoms with Gasteiger partial charge in [-0.25, -0.2) is 0 Å². The molecule has 0 bridgehead atoms. The number of carbonyl (C=O) groups is 1. The summed E-state index contributed by atoms with van der Waals surface area (Å²) in [7, 11) is 4.14. The molecule has 0 saturated carbocycles. The van der Waals surface area contributed by atoms with E-state index in [2.05, 4.69) is 33.3 Å². The fraction of sp³-hybridized carbons (Fsp3) is 0.960. The first-order chi connectivity index (χ1) is 15.7. The minimum absolute atomic E-state index is 0. The zero-order valence-corrected chi connectivity index (χ0v) is 22.0. The summed E-state index contributed by atoms with van der Waals surface area (Å²) in [6, 6.07) is 0. The molecule has 0 aliphatic rings. The Labute approximate surface area is 231 Å². The first-order valence-electron chi connectivity index (χ1n) is 13.3. The predicted molar refractivity (Wildman–Crippen MR) is 143 cm³/mol. The van der Waals surface area contributed by atoms with Crippen molar-refractivity contribution in [2.75, 3.05) is 27.2 Å². The van der Waals surface area contributed by atoms with Gasteiger partial charge in [0.05, 0.1) is 25.8 Å². The van der Waals surface area contributed by atoms with Crippen molar-refractivity contribution >= 4 is 35.5 Å². The number of aliphatic hydroxyl groups excluding tert-OH is 1. The number of nitrogens with zero attached hydrogens (tertiary/aromatic N) is 2. The molecule has 1 amide bonds. The van der Waals surface area contributed by atoms with Crippen LogP contribution in [-0.4, -0.2) is 83.6 Å². The number of carbonyl (C=O) groups excluding carboxylic acids is 1. The van der Waals surface area contributed by atoms with E-state index in [-0.39, 0.29) is 48.2 Å². The van der Waals surface area contributed by atoms with E-state index in [1.54, 1.807) is 0 Å². The maximum absolute atomic E-state index is 12.2. The van der Waals surface area contributed by atoms with Gasteiger partial charge in [-0.05, 0) is 6.42 Å². The molecule has 0 spiro atoms. The molecule has 0 aromatic heterocycles. The summed E-state index contributed by atoms with van der Waals surface area (Å²) in [4.78, 5) is 20.5. The predicted octanol–water partition coefficient (Wildman–Crippen LogP) is 5.28. The van der Waals surface area contributed by atoms with Crippen LogP contribution in [0.2, 0.25) is 0 Å². The zero-order valence-electron chi connectivity index (χ0n) is 22.0. The first kappa shape index (κ1) is 38.1. The van der Waals surface area contributed by atoms with E-state index in [0.29, 0.717) is 17.4 Å². The Bertz CT molecular complexity index is 464. The number of aliphatic hydroxyl groups is 1. The normalized spacial score (nSPS) is 11.7. The van der Waals surface area contributed by atoms with Crippen LogP contribution in [0, 0.1) is 15.3 Å². The van der Waals surface area contributed by atoms with Crippen LogP contribution in [0.3, 0.4) is 0 Å². The van der Waals surface area contributed by atoms with Crippen molar-refractivity contribution in [1.82, 2.24) is 5.32 Å². The summed E-state index contributed by atoms with van der Waals surface area (Å²) in [5, 5.41) is 27.1. The van der Waals surface area contributed by atoms with Gasteiger partial charge in [0.1, 0.15) is 6.54 Å². The van der Waals surface area contributed by atoms with Gasteiger partial charge in [0.15, 0.2) is 6.17 Å². The van der Waals surface area contributed by atoms with Gasteiger partial charge in [0.25, 0.3) is 0 Å². The Kier molecular flexibility index (Phi) is 30.5. The SMILES string of the molecule is CCCCCCCCCCCCCCCCCC(=O)NC(CC)[N+](C)(C)CCO.O=[N+]([O-])[O-].[NaH]. The Balaban J connectivity index is -0.00000177. The molecule has 0 aromatic rings. The van der Waals surface area contributed by atoms with E-state index in [0.717, 1.165) is 19.3 Å². The van der Waals surface area contributed by atoms with Crippen molar-refractivity contribution in [2.24, 2.45) is 0 Å². The van der Waals surface area contributed by atoms with Crippen molar-refractivity contribution in [3.8, 4) is 0 Å². The molecule has 9 heteroatoms. The zero-order chi connectivity index (χ0) is 25.4. The van der Waals surface area contributed by atoms with Gasteiger partial charge in [-0.15, -0.1) is 0 Å². The van der Waals surface area contributed by atoms with Crippen molar-refractivity contribution in [3.63, 3.8) is 0 Å². The maximum atomic E-state index is 12.2. The molecule has 34 heavy (non-hydrogen) atoms. The standard InChI is InChI=1S/C25H52N2O2.NO3.Na.H/c1-5-7-8-9-10-11-12-13-14-15-16-17-18-19-20-21-25(29)26-24(6-2)27(3,4)22-23-28;2-1(3)4;;/h24,28H,5-23H2,1-4H3;;;/q;-1;;/p+1. The van der Waals surface area contributed by atoms with Crippen molar-refractivity contribution < 1.29 is 19.5 Å². The number of hydrogen-bond donors (Lipinski definition) is 2. The number of amides is 1.